The zero-order valence-electron chi connectivity index (χ0n) is 10.9. The van der Waals surface area contributed by atoms with Crippen LogP contribution in [0.1, 0.15) is 16.2 Å². The van der Waals surface area contributed by atoms with Crippen molar-refractivity contribution in [3.63, 3.8) is 0 Å². The van der Waals surface area contributed by atoms with Crippen molar-refractivity contribution in [3.8, 4) is 23.1 Å². The van der Waals surface area contributed by atoms with E-state index in [2.05, 4.69) is 16.8 Å². The number of ketones is 1. The quantitative estimate of drug-likeness (QED) is 0.575. The Kier molecular flexibility index (Phi) is 3.40. The number of carbonyl (C=O) groups excluding carboxylic acids is 1. The van der Waals surface area contributed by atoms with Crippen molar-refractivity contribution in [2.45, 2.75) is 0 Å². The second-order valence-electron chi connectivity index (χ2n) is 4.32. The maximum absolute atomic E-state index is 13.7. The molecular weight excluding hydrogens is 269 g/mol. The first kappa shape index (κ1) is 12.9. The Bertz CT molecular complexity index is 835. The van der Waals surface area contributed by atoms with Gasteiger partial charge in [-0.1, -0.05) is 12.1 Å². The van der Waals surface area contributed by atoms with Crippen molar-refractivity contribution >= 4 is 5.78 Å². The van der Waals surface area contributed by atoms with E-state index in [1.165, 1.54) is 12.3 Å². The predicted octanol–water partition coefficient (Wildman–Crippen LogP) is 3.65. The topological polar surface area (TPSA) is 46.0 Å². The minimum atomic E-state index is -0.401. The minimum absolute atomic E-state index is 0.198. The van der Waals surface area contributed by atoms with Gasteiger partial charge in [0.05, 0.1) is 12.0 Å². The van der Waals surface area contributed by atoms with Crippen LogP contribution in [0, 0.1) is 17.7 Å². The lowest BCUT2D eigenvalue weighted by Gasteiger charge is -1.98. The first-order chi connectivity index (χ1) is 10.2. The molecule has 1 aromatic carbocycles. The number of hydrogen-bond donors (Lipinski definition) is 1. The van der Waals surface area contributed by atoms with E-state index in [1.807, 2.05) is 0 Å². The molecule has 3 aromatic rings. The number of furan rings is 1. The van der Waals surface area contributed by atoms with E-state index >= 15 is 0 Å². The second-order valence-corrected chi connectivity index (χ2v) is 4.32. The summed E-state index contributed by atoms with van der Waals surface area (Å²) < 4.78 is 18.6. The number of hydrogen-bond acceptors (Lipinski definition) is 2. The molecule has 0 aliphatic heterocycles. The van der Waals surface area contributed by atoms with E-state index in [1.54, 1.807) is 42.5 Å². The number of benzene rings is 1. The van der Waals surface area contributed by atoms with E-state index in [0.717, 1.165) is 0 Å². The smallest absolute Gasteiger partial charge is 0.271 e. The van der Waals surface area contributed by atoms with E-state index < -0.39 is 5.78 Å². The molecule has 21 heavy (non-hydrogen) atoms. The predicted molar refractivity (Wildman–Crippen MR) is 76.1 cm³/mol. The maximum Gasteiger partial charge on any atom is 0.271 e. The summed E-state index contributed by atoms with van der Waals surface area (Å²) in [7, 11) is 0. The number of carbonyl (C=O) groups is 1. The van der Waals surface area contributed by atoms with E-state index in [9.17, 15) is 9.18 Å². The molecule has 2 heterocycles. The van der Waals surface area contributed by atoms with Gasteiger partial charge in [-0.2, -0.15) is 0 Å². The Morgan fingerprint density at radius 3 is 2.71 bits per heavy atom. The average Bonchev–Trinajstić information content (AvgIpc) is 3.17. The summed E-state index contributed by atoms with van der Waals surface area (Å²) in [5, 5.41) is 0. The Morgan fingerprint density at radius 2 is 1.95 bits per heavy atom. The summed E-state index contributed by atoms with van der Waals surface area (Å²) in [5.41, 5.74) is 1.61. The molecule has 0 spiro atoms. The van der Waals surface area contributed by atoms with Crippen LogP contribution in [0.5, 0.6) is 0 Å². The molecule has 3 rings (SSSR count). The fourth-order valence-electron chi connectivity index (χ4n) is 1.90. The van der Waals surface area contributed by atoms with Gasteiger partial charge in [0.1, 0.15) is 5.82 Å². The van der Waals surface area contributed by atoms with Crippen molar-refractivity contribution in [2.75, 3.05) is 0 Å². The molecule has 0 bridgehead atoms. The van der Waals surface area contributed by atoms with Crippen LogP contribution in [0.4, 0.5) is 4.39 Å². The molecule has 0 unspecified atom stereocenters. The molecule has 0 aliphatic carbocycles. The number of Topliss-reactive ketones (excluding diaryl/α,β-unsaturated/α-hetero) is 1. The highest BCUT2D eigenvalue weighted by molar-refractivity contribution is 6.07. The van der Waals surface area contributed by atoms with Crippen LogP contribution in [0.15, 0.2) is 59.2 Å². The average molecular weight is 279 g/mol. The number of aromatic nitrogens is 1. The Hall–Kier alpha value is -3.06. The van der Waals surface area contributed by atoms with Gasteiger partial charge in [-0.15, -0.1) is 0 Å². The number of H-pyrrole nitrogens is 1. The van der Waals surface area contributed by atoms with Gasteiger partial charge in [-0.3, -0.25) is 4.79 Å². The zero-order valence-corrected chi connectivity index (χ0v) is 10.9. The number of aromatic amines is 1. The van der Waals surface area contributed by atoms with Crippen LogP contribution in [-0.4, -0.2) is 10.8 Å². The molecule has 0 saturated carbocycles. The molecule has 4 heteroatoms. The van der Waals surface area contributed by atoms with Crippen LogP contribution in [0.3, 0.4) is 0 Å². The molecular formula is C17H10FNO2. The summed E-state index contributed by atoms with van der Waals surface area (Å²) >= 11 is 0. The Labute approximate surface area is 120 Å². The van der Waals surface area contributed by atoms with Gasteiger partial charge in [0, 0.05) is 11.3 Å². The molecule has 3 nitrogen and oxygen atoms in total. The van der Waals surface area contributed by atoms with Gasteiger partial charge in [0.15, 0.2) is 5.76 Å². The van der Waals surface area contributed by atoms with Gasteiger partial charge in [0.2, 0.25) is 0 Å². The van der Waals surface area contributed by atoms with E-state index in [-0.39, 0.29) is 11.6 Å². The van der Waals surface area contributed by atoms with E-state index in [0.29, 0.717) is 17.0 Å². The van der Waals surface area contributed by atoms with Crippen molar-refractivity contribution in [1.29, 1.82) is 0 Å². The lowest BCUT2D eigenvalue weighted by Crippen LogP contribution is -1.91. The summed E-state index contributed by atoms with van der Waals surface area (Å²) in [5.74, 6) is 4.66. The van der Waals surface area contributed by atoms with Crippen LogP contribution in [-0.2, 0) is 0 Å². The molecule has 2 aromatic heterocycles. The SMILES string of the molecule is O=C(C#Cc1ccc(-c2ccccc2F)[nH]1)c1ccco1. The lowest BCUT2D eigenvalue weighted by molar-refractivity contribution is 0.103. The van der Waals surface area contributed by atoms with Crippen molar-refractivity contribution in [3.05, 3.63) is 72.1 Å². The highest BCUT2D eigenvalue weighted by atomic mass is 19.1. The van der Waals surface area contributed by atoms with Crippen LogP contribution < -0.4 is 0 Å². The fourth-order valence-corrected chi connectivity index (χ4v) is 1.90. The second kappa shape index (κ2) is 5.51. The van der Waals surface area contributed by atoms with Crippen molar-refractivity contribution in [2.24, 2.45) is 0 Å². The highest BCUT2D eigenvalue weighted by Gasteiger charge is 2.06. The van der Waals surface area contributed by atoms with Gasteiger partial charge in [-0.05, 0) is 48.2 Å². The van der Waals surface area contributed by atoms with Gasteiger partial charge < -0.3 is 9.40 Å². The summed E-state index contributed by atoms with van der Waals surface area (Å²) in [6, 6.07) is 13.0. The molecule has 102 valence electrons. The van der Waals surface area contributed by atoms with Crippen LogP contribution in [0.2, 0.25) is 0 Å². The fraction of sp³-hybridized carbons (Fsp3) is 0. The Morgan fingerprint density at radius 1 is 1.10 bits per heavy atom. The molecule has 0 fully saturated rings. The number of nitrogens with one attached hydrogen (secondary N) is 1. The van der Waals surface area contributed by atoms with Crippen LogP contribution in [0.25, 0.3) is 11.3 Å². The van der Waals surface area contributed by atoms with Gasteiger partial charge in [0.25, 0.3) is 5.78 Å². The van der Waals surface area contributed by atoms with Gasteiger partial charge in [-0.25, -0.2) is 4.39 Å². The third-order valence-corrected chi connectivity index (χ3v) is 2.91. The number of halogens is 1. The third-order valence-electron chi connectivity index (χ3n) is 2.91. The number of rotatable bonds is 2. The van der Waals surface area contributed by atoms with Crippen LogP contribution >= 0.6 is 0 Å². The zero-order chi connectivity index (χ0) is 14.7. The summed E-state index contributed by atoms with van der Waals surface area (Å²) in [6.07, 6.45) is 1.42. The Balaban J connectivity index is 1.84. The molecule has 1 N–H and O–H groups in total. The molecule has 0 radical (unpaired) electrons. The maximum atomic E-state index is 13.7. The first-order valence-corrected chi connectivity index (χ1v) is 6.28. The lowest BCUT2D eigenvalue weighted by atomic mass is 10.1. The summed E-state index contributed by atoms with van der Waals surface area (Å²) in [4.78, 5) is 14.6. The standard InChI is InChI=1S/C17H10FNO2/c18-14-5-2-1-4-13(14)15-9-7-12(19-15)8-10-16(20)17-6-3-11-21-17/h1-7,9,11,19H. The van der Waals surface area contributed by atoms with Crippen molar-refractivity contribution < 1.29 is 13.6 Å². The molecule has 0 aliphatic rings. The molecule has 0 atom stereocenters. The molecule has 0 saturated heterocycles. The van der Waals surface area contributed by atoms with E-state index in [4.69, 9.17) is 4.42 Å². The monoisotopic (exact) mass is 279 g/mol. The third kappa shape index (κ3) is 2.77. The largest absolute Gasteiger partial charge is 0.460 e. The first-order valence-electron chi connectivity index (χ1n) is 6.28. The van der Waals surface area contributed by atoms with Crippen molar-refractivity contribution in [1.82, 2.24) is 4.98 Å². The minimum Gasteiger partial charge on any atom is -0.460 e. The molecule has 0 amide bonds. The normalized spacial score (nSPS) is 9.95. The summed E-state index contributed by atoms with van der Waals surface area (Å²) in [6.45, 7) is 0. The van der Waals surface area contributed by atoms with Gasteiger partial charge >= 0.3 is 0 Å². The highest BCUT2D eigenvalue weighted by Crippen LogP contribution is 2.21.